The zero-order valence-corrected chi connectivity index (χ0v) is 13.1. The molecule has 0 aliphatic carbocycles. The molecule has 0 aromatic carbocycles. The quantitative estimate of drug-likeness (QED) is 0.420. The molecule has 2 fully saturated rings. The number of rotatable bonds is 6. The lowest BCUT2D eigenvalue weighted by molar-refractivity contribution is -0.134. The molecule has 4 unspecified atom stereocenters. The van der Waals surface area contributed by atoms with Crippen LogP contribution in [0.3, 0.4) is 0 Å². The second kappa shape index (κ2) is 6.60. The van der Waals surface area contributed by atoms with Gasteiger partial charge in [0.1, 0.15) is 0 Å². The number of hydrogen-bond acceptors (Lipinski definition) is 7. The minimum atomic E-state index is -1.01. The van der Waals surface area contributed by atoms with Crippen molar-refractivity contribution in [2.45, 2.75) is 43.0 Å². The van der Waals surface area contributed by atoms with Gasteiger partial charge in [-0.3, -0.25) is 14.4 Å². The summed E-state index contributed by atoms with van der Waals surface area (Å²) in [5, 5.41) is 3.28. The lowest BCUT2D eigenvalue weighted by Gasteiger charge is -2.23. The summed E-state index contributed by atoms with van der Waals surface area (Å²) in [6.07, 6.45) is 2.59. The molecule has 0 aromatic heterocycles. The third-order valence-electron chi connectivity index (χ3n) is 4.15. The second-order valence-corrected chi connectivity index (χ2v) is 8.32. The molecule has 112 valence electrons. The maximum Gasteiger partial charge on any atom is 0.212 e. The molecule has 0 saturated carbocycles. The summed E-state index contributed by atoms with van der Waals surface area (Å²) in [5.74, 6) is -0.166. The lowest BCUT2D eigenvalue weighted by atomic mass is 9.85. The van der Waals surface area contributed by atoms with Crippen molar-refractivity contribution in [1.29, 1.82) is 0 Å². The fraction of sp³-hybridized carbons (Fsp3) is 0.769. The van der Waals surface area contributed by atoms with E-state index in [1.54, 1.807) is 0 Å². The van der Waals surface area contributed by atoms with E-state index in [4.69, 9.17) is 5.73 Å². The van der Waals surface area contributed by atoms with Crippen molar-refractivity contribution in [2.75, 3.05) is 12.3 Å². The molecule has 2 aliphatic rings. The minimum absolute atomic E-state index is 0.0235. The number of ketones is 2. The van der Waals surface area contributed by atoms with Gasteiger partial charge >= 0.3 is 0 Å². The molecule has 0 radical (unpaired) electrons. The molecule has 2 saturated heterocycles. The molecule has 0 bridgehead atoms. The van der Waals surface area contributed by atoms with E-state index in [-0.39, 0.29) is 22.9 Å². The average Bonchev–Trinajstić information content (AvgIpc) is 3.09. The first-order valence-electron chi connectivity index (χ1n) is 6.85. The lowest BCUT2D eigenvalue weighted by Crippen LogP contribution is -2.47. The van der Waals surface area contributed by atoms with Gasteiger partial charge in [0.25, 0.3) is 0 Å². The van der Waals surface area contributed by atoms with Crippen molar-refractivity contribution in [1.82, 2.24) is 5.32 Å². The highest BCUT2D eigenvalue weighted by atomic mass is 33.1. The molecule has 3 N–H and O–H groups in total. The predicted molar refractivity (Wildman–Crippen MR) is 81.6 cm³/mol. The number of nitrogens with two attached hydrogens (primary N) is 1. The number of carbonyl (C=O) groups is 3. The van der Waals surface area contributed by atoms with E-state index in [0.717, 1.165) is 25.1 Å². The molecular formula is C13H20N2O3S2. The Hall–Kier alpha value is -0.370. The topological polar surface area (TPSA) is 89.3 Å². The van der Waals surface area contributed by atoms with Crippen LogP contribution in [0.2, 0.25) is 0 Å². The number of hydrogen-bond donors (Lipinski definition) is 2. The monoisotopic (exact) mass is 316 g/mol. The normalized spacial score (nSPS) is 32.2. The number of aldehydes is 1. The Balaban J connectivity index is 2.02. The highest BCUT2D eigenvalue weighted by molar-refractivity contribution is 8.77. The van der Waals surface area contributed by atoms with Crippen LogP contribution in [0.4, 0.5) is 0 Å². The fourth-order valence-electron chi connectivity index (χ4n) is 2.88. The smallest absolute Gasteiger partial charge is 0.212 e. The summed E-state index contributed by atoms with van der Waals surface area (Å²) in [4.78, 5) is 34.5. The Morgan fingerprint density at radius 2 is 2.30 bits per heavy atom. The van der Waals surface area contributed by atoms with Crippen molar-refractivity contribution in [2.24, 2.45) is 11.7 Å². The van der Waals surface area contributed by atoms with Gasteiger partial charge in [0.2, 0.25) is 5.78 Å². The summed E-state index contributed by atoms with van der Waals surface area (Å²) >= 11 is 0. The van der Waals surface area contributed by atoms with Gasteiger partial charge in [-0.25, -0.2) is 0 Å². The van der Waals surface area contributed by atoms with E-state index >= 15 is 0 Å². The number of carbonyl (C=O) groups excluding carboxylic acids is 3. The van der Waals surface area contributed by atoms with Gasteiger partial charge in [0, 0.05) is 23.0 Å². The van der Waals surface area contributed by atoms with Crippen LogP contribution in [0, 0.1) is 5.92 Å². The van der Waals surface area contributed by atoms with Gasteiger partial charge in [-0.1, -0.05) is 28.5 Å². The van der Waals surface area contributed by atoms with E-state index in [1.807, 2.05) is 28.5 Å². The number of Topliss-reactive ketones (excluding diaryl/α,β-unsaturated/α-hetero) is 2. The zero-order chi connectivity index (χ0) is 14.8. The van der Waals surface area contributed by atoms with Crippen LogP contribution in [0.25, 0.3) is 0 Å². The third kappa shape index (κ3) is 3.10. The highest BCUT2D eigenvalue weighted by Gasteiger charge is 2.46. The van der Waals surface area contributed by atoms with Crippen molar-refractivity contribution in [3.63, 3.8) is 0 Å². The molecule has 7 heteroatoms. The van der Waals surface area contributed by atoms with Gasteiger partial charge < -0.3 is 11.1 Å². The van der Waals surface area contributed by atoms with E-state index < -0.39 is 17.7 Å². The summed E-state index contributed by atoms with van der Waals surface area (Å²) in [7, 11) is 3.71. The largest absolute Gasteiger partial charge is 0.321 e. The molecule has 2 rings (SSSR count). The average molecular weight is 316 g/mol. The summed E-state index contributed by atoms with van der Waals surface area (Å²) in [6.45, 7) is 2.65. The van der Waals surface area contributed by atoms with Crippen molar-refractivity contribution < 1.29 is 14.4 Å². The predicted octanol–water partition coefficient (Wildman–Crippen LogP) is 0.563. The number of nitrogens with one attached hydrogen (secondary N) is 1. The molecular weight excluding hydrogens is 296 g/mol. The Morgan fingerprint density at radius 1 is 1.55 bits per heavy atom. The van der Waals surface area contributed by atoms with Crippen molar-refractivity contribution >= 4 is 39.4 Å². The molecule has 2 heterocycles. The van der Waals surface area contributed by atoms with Crippen molar-refractivity contribution in [3.05, 3.63) is 0 Å². The van der Waals surface area contributed by atoms with E-state index in [0.29, 0.717) is 6.42 Å². The van der Waals surface area contributed by atoms with E-state index in [2.05, 4.69) is 5.32 Å². The Morgan fingerprint density at radius 3 is 2.85 bits per heavy atom. The van der Waals surface area contributed by atoms with Crippen LogP contribution in [-0.4, -0.2) is 47.0 Å². The first-order chi connectivity index (χ1) is 9.53. The van der Waals surface area contributed by atoms with Crippen LogP contribution in [-0.2, 0) is 14.4 Å². The molecule has 0 amide bonds. The van der Waals surface area contributed by atoms with Crippen LogP contribution in [0.5, 0.6) is 0 Å². The molecule has 2 aliphatic heterocycles. The standard InChI is InChI=1S/C13H20N2O3S2/c1-2-8(11(14)10(17)6-16)12(18)9-5-13(7-15-9)3-4-19-20-13/h6,8-9,11,15H,2-5,7,14H2,1H3. The van der Waals surface area contributed by atoms with E-state index in [1.165, 1.54) is 0 Å². The van der Waals surface area contributed by atoms with Gasteiger partial charge in [-0.2, -0.15) is 0 Å². The van der Waals surface area contributed by atoms with Gasteiger partial charge in [-0.15, -0.1) is 0 Å². The van der Waals surface area contributed by atoms with Crippen LogP contribution in [0.1, 0.15) is 26.2 Å². The maximum absolute atomic E-state index is 12.6. The molecule has 0 aromatic rings. The van der Waals surface area contributed by atoms with Crippen LogP contribution in [0.15, 0.2) is 0 Å². The third-order valence-corrected chi connectivity index (χ3v) is 7.42. The van der Waals surface area contributed by atoms with Crippen LogP contribution >= 0.6 is 21.6 Å². The molecule has 20 heavy (non-hydrogen) atoms. The summed E-state index contributed by atoms with van der Waals surface area (Å²) in [5.41, 5.74) is 5.76. The van der Waals surface area contributed by atoms with E-state index in [9.17, 15) is 14.4 Å². The second-order valence-electron chi connectivity index (χ2n) is 5.44. The van der Waals surface area contributed by atoms with Crippen molar-refractivity contribution in [3.8, 4) is 0 Å². The Bertz CT molecular complexity index is 410. The van der Waals surface area contributed by atoms with Gasteiger partial charge in [0.05, 0.1) is 12.1 Å². The molecule has 4 atom stereocenters. The minimum Gasteiger partial charge on any atom is -0.321 e. The van der Waals surface area contributed by atoms with Gasteiger partial charge in [0.15, 0.2) is 12.1 Å². The summed E-state index contributed by atoms with van der Waals surface area (Å²) < 4.78 is 0.155. The highest BCUT2D eigenvalue weighted by Crippen LogP contribution is 2.51. The SMILES string of the molecule is CCC(C(=O)C1CC2(CCSS2)CN1)C(N)C(=O)C=O. The first kappa shape index (κ1) is 16.0. The summed E-state index contributed by atoms with van der Waals surface area (Å²) in [6, 6.07) is -1.24. The fourth-order valence-corrected chi connectivity index (χ4v) is 6.26. The Labute approximate surface area is 126 Å². The first-order valence-corrected chi connectivity index (χ1v) is 9.17. The van der Waals surface area contributed by atoms with Gasteiger partial charge in [-0.05, 0) is 19.3 Å². The van der Waals surface area contributed by atoms with Crippen LogP contribution < -0.4 is 11.1 Å². The zero-order valence-electron chi connectivity index (χ0n) is 11.5. The molecule has 5 nitrogen and oxygen atoms in total. The Kier molecular flexibility index (Phi) is 5.28. The molecule has 1 spiro atoms. The maximum atomic E-state index is 12.6.